The molecule has 0 bridgehead atoms. The normalized spacial score (nSPS) is 15.6. The van der Waals surface area contributed by atoms with Gasteiger partial charge in [-0.25, -0.2) is 0 Å². The third kappa shape index (κ3) is 2.56. The van der Waals surface area contributed by atoms with Crippen LogP contribution in [-0.4, -0.2) is 10.9 Å². The van der Waals surface area contributed by atoms with E-state index in [1.807, 2.05) is 18.2 Å². The number of nitriles is 1. The van der Waals surface area contributed by atoms with Gasteiger partial charge in [0.1, 0.15) is 5.75 Å². The van der Waals surface area contributed by atoms with E-state index in [4.69, 9.17) is 5.26 Å². The number of nitrogens with zero attached hydrogens (tertiary/aromatic N) is 1. The van der Waals surface area contributed by atoms with Crippen molar-refractivity contribution >= 4 is 11.9 Å². The van der Waals surface area contributed by atoms with Gasteiger partial charge in [0.25, 0.3) is 0 Å². The molecule has 1 N–H and O–H groups in total. The zero-order valence-electron chi connectivity index (χ0n) is 11.3. The second kappa shape index (κ2) is 5.26. The van der Waals surface area contributed by atoms with Crippen molar-refractivity contribution < 1.29 is 9.90 Å². The van der Waals surface area contributed by atoms with Gasteiger partial charge >= 0.3 is 0 Å². The molecule has 0 aliphatic heterocycles. The molecule has 2 aromatic carbocycles. The van der Waals surface area contributed by atoms with Gasteiger partial charge in [0.15, 0.2) is 5.78 Å². The molecule has 102 valence electrons. The minimum Gasteiger partial charge on any atom is -0.508 e. The zero-order valence-corrected chi connectivity index (χ0v) is 11.3. The number of phenolic OH excluding ortho intramolecular Hbond substituents is 1. The first-order valence-electron chi connectivity index (χ1n) is 6.75. The quantitative estimate of drug-likeness (QED) is 0.810. The van der Waals surface area contributed by atoms with E-state index in [0.717, 1.165) is 23.1 Å². The fourth-order valence-electron chi connectivity index (χ4n) is 2.60. The number of aromatic hydroxyl groups is 1. The van der Waals surface area contributed by atoms with Crippen molar-refractivity contribution in [2.24, 2.45) is 0 Å². The molecule has 1 aliphatic carbocycles. The van der Waals surface area contributed by atoms with Gasteiger partial charge in [0.05, 0.1) is 11.6 Å². The Balaban J connectivity index is 1.98. The molecule has 0 saturated carbocycles. The molecule has 3 rings (SSSR count). The van der Waals surface area contributed by atoms with Crippen LogP contribution in [0, 0.1) is 11.3 Å². The van der Waals surface area contributed by atoms with E-state index >= 15 is 0 Å². The number of benzene rings is 2. The van der Waals surface area contributed by atoms with Gasteiger partial charge in [-0.15, -0.1) is 0 Å². The number of phenols is 1. The van der Waals surface area contributed by atoms with Gasteiger partial charge in [-0.3, -0.25) is 4.79 Å². The van der Waals surface area contributed by atoms with Crippen molar-refractivity contribution in [1.82, 2.24) is 0 Å². The summed E-state index contributed by atoms with van der Waals surface area (Å²) in [6, 6.07) is 14.2. The average molecular weight is 275 g/mol. The van der Waals surface area contributed by atoms with Crippen LogP contribution in [0.5, 0.6) is 5.75 Å². The number of hydrogen-bond acceptors (Lipinski definition) is 3. The Bertz CT molecular complexity index is 797. The minimum atomic E-state index is -0.00129. The van der Waals surface area contributed by atoms with Crippen LogP contribution in [0.3, 0.4) is 0 Å². The first-order valence-corrected chi connectivity index (χ1v) is 6.75. The number of Topliss-reactive ketones (excluding diaryl/α,β-unsaturated/α-hetero) is 1. The van der Waals surface area contributed by atoms with Crippen molar-refractivity contribution in [3.8, 4) is 11.8 Å². The van der Waals surface area contributed by atoms with Gasteiger partial charge in [-0.1, -0.05) is 12.1 Å². The molecule has 1 aliphatic rings. The van der Waals surface area contributed by atoms with Crippen molar-refractivity contribution in [1.29, 1.82) is 5.26 Å². The topological polar surface area (TPSA) is 61.1 Å². The van der Waals surface area contributed by atoms with Crippen LogP contribution in [0.4, 0.5) is 0 Å². The van der Waals surface area contributed by atoms with Crippen LogP contribution in [0.15, 0.2) is 48.0 Å². The Labute approximate surface area is 122 Å². The zero-order chi connectivity index (χ0) is 14.8. The highest BCUT2D eigenvalue weighted by molar-refractivity contribution is 6.13. The van der Waals surface area contributed by atoms with E-state index in [-0.39, 0.29) is 11.5 Å². The molecule has 0 fully saturated rings. The lowest BCUT2D eigenvalue weighted by Crippen LogP contribution is -2.13. The van der Waals surface area contributed by atoms with Gasteiger partial charge < -0.3 is 5.11 Å². The highest BCUT2D eigenvalue weighted by Crippen LogP contribution is 2.29. The molecule has 0 amide bonds. The standard InChI is InChI=1S/C18H13NO2/c19-11-13-3-1-2-12(8-13)9-15-5-4-14-10-16(20)6-7-17(14)18(15)21/h1-3,6-10,20H,4-5H2. The number of carbonyl (C=O) groups excluding carboxylic acids is 1. The summed E-state index contributed by atoms with van der Waals surface area (Å²) in [6.07, 6.45) is 3.23. The minimum absolute atomic E-state index is 0.00129. The molecule has 0 aromatic heterocycles. The molecule has 0 saturated heterocycles. The first-order chi connectivity index (χ1) is 10.2. The molecule has 2 aromatic rings. The van der Waals surface area contributed by atoms with Gasteiger partial charge in [-0.2, -0.15) is 5.26 Å². The predicted octanol–water partition coefficient (Wildman–Crippen LogP) is 3.48. The maximum atomic E-state index is 12.5. The van der Waals surface area contributed by atoms with Crippen molar-refractivity contribution in [2.45, 2.75) is 12.8 Å². The highest BCUT2D eigenvalue weighted by Gasteiger charge is 2.21. The maximum Gasteiger partial charge on any atom is 0.189 e. The number of hydrogen-bond donors (Lipinski definition) is 1. The Hall–Kier alpha value is -2.86. The average Bonchev–Trinajstić information content (AvgIpc) is 2.50. The van der Waals surface area contributed by atoms with Crippen molar-refractivity contribution in [2.75, 3.05) is 0 Å². The van der Waals surface area contributed by atoms with Crippen LogP contribution < -0.4 is 0 Å². The first kappa shape index (κ1) is 13.1. The van der Waals surface area contributed by atoms with Crippen LogP contribution in [0.25, 0.3) is 6.08 Å². The van der Waals surface area contributed by atoms with Gasteiger partial charge in [0.2, 0.25) is 0 Å². The monoisotopic (exact) mass is 275 g/mol. The number of rotatable bonds is 1. The summed E-state index contributed by atoms with van der Waals surface area (Å²) in [5, 5.41) is 18.4. The summed E-state index contributed by atoms with van der Waals surface area (Å²) in [6.45, 7) is 0. The summed E-state index contributed by atoms with van der Waals surface area (Å²) in [5.74, 6) is 0.189. The Morgan fingerprint density at radius 3 is 2.81 bits per heavy atom. The summed E-state index contributed by atoms with van der Waals surface area (Å²) in [5.41, 5.74) is 3.73. The maximum absolute atomic E-state index is 12.5. The van der Waals surface area contributed by atoms with Crippen LogP contribution in [0.2, 0.25) is 0 Å². The SMILES string of the molecule is N#Cc1cccc(C=C2CCc3cc(O)ccc3C2=O)c1. The molecular formula is C18H13NO2. The van der Waals surface area contributed by atoms with E-state index in [1.165, 1.54) is 6.07 Å². The van der Waals surface area contributed by atoms with Crippen molar-refractivity contribution in [3.05, 3.63) is 70.3 Å². The van der Waals surface area contributed by atoms with Gasteiger partial charge in [-0.05, 0) is 60.4 Å². The third-order valence-corrected chi connectivity index (χ3v) is 3.65. The van der Waals surface area contributed by atoms with E-state index in [9.17, 15) is 9.90 Å². The van der Waals surface area contributed by atoms with Gasteiger partial charge in [0, 0.05) is 11.1 Å². The van der Waals surface area contributed by atoms with Crippen LogP contribution in [0.1, 0.15) is 33.5 Å². The number of ketones is 1. The van der Waals surface area contributed by atoms with Crippen molar-refractivity contribution in [3.63, 3.8) is 0 Å². The lowest BCUT2D eigenvalue weighted by atomic mass is 9.86. The van der Waals surface area contributed by atoms with E-state index in [1.54, 1.807) is 24.3 Å². The van der Waals surface area contributed by atoms with E-state index in [2.05, 4.69) is 6.07 Å². The molecule has 21 heavy (non-hydrogen) atoms. The lowest BCUT2D eigenvalue weighted by Gasteiger charge is -2.17. The van der Waals surface area contributed by atoms with E-state index in [0.29, 0.717) is 17.5 Å². The second-order valence-electron chi connectivity index (χ2n) is 5.08. The Kier molecular flexibility index (Phi) is 3.29. The molecule has 3 nitrogen and oxygen atoms in total. The second-order valence-corrected chi connectivity index (χ2v) is 5.08. The predicted molar refractivity (Wildman–Crippen MR) is 79.9 cm³/mol. The summed E-state index contributed by atoms with van der Waals surface area (Å²) in [4.78, 5) is 12.5. The molecule has 0 spiro atoms. The molecule has 3 heteroatoms. The third-order valence-electron chi connectivity index (χ3n) is 3.65. The Morgan fingerprint density at radius 2 is 2.00 bits per heavy atom. The summed E-state index contributed by atoms with van der Waals surface area (Å²) in [7, 11) is 0. The molecule has 0 unspecified atom stereocenters. The molecule has 0 atom stereocenters. The number of aryl methyl sites for hydroxylation is 1. The smallest absolute Gasteiger partial charge is 0.189 e. The lowest BCUT2D eigenvalue weighted by molar-refractivity contribution is 0.102. The summed E-state index contributed by atoms with van der Waals surface area (Å²) >= 11 is 0. The highest BCUT2D eigenvalue weighted by atomic mass is 16.3. The Morgan fingerprint density at radius 1 is 1.14 bits per heavy atom. The van der Waals surface area contributed by atoms with Crippen LogP contribution >= 0.6 is 0 Å². The summed E-state index contributed by atoms with van der Waals surface area (Å²) < 4.78 is 0. The fraction of sp³-hybridized carbons (Fsp3) is 0.111. The molecular weight excluding hydrogens is 262 g/mol. The largest absolute Gasteiger partial charge is 0.508 e. The number of carbonyl (C=O) groups is 1. The number of allylic oxidation sites excluding steroid dienone is 1. The molecule has 0 heterocycles. The fourth-order valence-corrected chi connectivity index (χ4v) is 2.60. The molecule has 0 radical (unpaired) electrons. The van der Waals surface area contributed by atoms with E-state index < -0.39 is 0 Å². The number of fused-ring (bicyclic) bond motifs is 1. The van der Waals surface area contributed by atoms with Crippen LogP contribution in [-0.2, 0) is 6.42 Å².